The van der Waals surface area contributed by atoms with E-state index in [9.17, 15) is 24.6 Å². The summed E-state index contributed by atoms with van der Waals surface area (Å²) in [6, 6.07) is 1.73. The van der Waals surface area contributed by atoms with E-state index in [0.717, 1.165) is 0 Å². The zero-order valence-electron chi connectivity index (χ0n) is 14.9. The van der Waals surface area contributed by atoms with E-state index in [2.05, 4.69) is 0 Å². The summed E-state index contributed by atoms with van der Waals surface area (Å²) in [5.74, 6) is -3.13. The SMILES string of the molecule is NC(=O)C(N)CC(=O)N1CC(Oc2ccc(CCB(O)O)c(O)c2C(=O)O)C1. The number of nitrogens with zero attached hydrogens (tertiary/aromatic N) is 1. The van der Waals surface area contributed by atoms with E-state index < -0.39 is 42.5 Å². The standard InChI is InChI=1S/C16H22BN3O8/c18-10(15(19)23)5-12(21)20-6-9(7-20)28-11-2-1-8(3-4-17(26)27)14(22)13(11)16(24)25/h1-2,9-10,22,26-27H,3-7,18H2,(H2,19,23)(H,24,25). The molecule has 1 fully saturated rings. The van der Waals surface area contributed by atoms with Crippen molar-refractivity contribution in [3.05, 3.63) is 23.3 Å². The highest BCUT2D eigenvalue weighted by Gasteiger charge is 2.34. The van der Waals surface area contributed by atoms with Crippen molar-refractivity contribution in [3.8, 4) is 11.5 Å². The van der Waals surface area contributed by atoms with Crippen LogP contribution in [0, 0.1) is 0 Å². The molecule has 12 heteroatoms. The van der Waals surface area contributed by atoms with Crippen molar-refractivity contribution in [1.29, 1.82) is 0 Å². The van der Waals surface area contributed by atoms with Gasteiger partial charge in [-0.25, -0.2) is 4.79 Å². The molecule has 11 nitrogen and oxygen atoms in total. The second-order valence-corrected chi connectivity index (χ2v) is 6.52. The molecule has 0 aromatic heterocycles. The molecule has 28 heavy (non-hydrogen) atoms. The molecule has 1 atom stereocenters. The van der Waals surface area contributed by atoms with E-state index in [0.29, 0.717) is 0 Å². The molecule has 1 aromatic carbocycles. The predicted molar refractivity (Wildman–Crippen MR) is 96.6 cm³/mol. The maximum Gasteiger partial charge on any atom is 0.451 e. The quantitative estimate of drug-likeness (QED) is 0.254. The molecule has 8 N–H and O–H groups in total. The fraction of sp³-hybridized carbons (Fsp3) is 0.438. The number of hydrogen-bond acceptors (Lipinski definition) is 8. The van der Waals surface area contributed by atoms with Crippen LogP contribution in [0.5, 0.6) is 11.5 Å². The first kappa shape index (κ1) is 21.5. The fourth-order valence-corrected chi connectivity index (χ4v) is 2.72. The highest BCUT2D eigenvalue weighted by atomic mass is 16.5. The molecule has 0 saturated carbocycles. The monoisotopic (exact) mass is 395 g/mol. The molecule has 0 bridgehead atoms. The van der Waals surface area contributed by atoms with Crippen LogP contribution >= 0.6 is 0 Å². The molecule has 0 aliphatic carbocycles. The molecule has 1 aliphatic heterocycles. The molecule has 0 radical (unpaired) electrons. The number of aromatic hydroxyl groups is 1. The van der Waals surface area contributed by atoms with Crippen LogP contribution in [0.2, 0.25) is 6.32 Å². The van der Waals surface area contributed by atoms with Gasteiger partial charge in [0, 0.05) is 0 Å². The first-order chi connectivity index (χ1) is 13.1. The van der Waals surface area contributed by atoms with Gasteiger partial charge < -0.3 is 41.4 Å². The average Bonchev–Trinajstić information content (AvgIpc) is 2.55. The Balaban J connectivity index is 2.01. The minimum atomic E-state index is -1.58. The van der Waals surface area contributed by atoms with Gasteiger partial charge in [-0.15, -0.1) is 0 Å². The number of aryl methyl sites for hydroxylation is 1. The summed E-state index contributed by atoms with van der Waals surface area (Å²) in [5.41, 5.74) is 10.3. The molecule has 2 rings (SSSR count). The third-order valence-electron chi connectivity index (χ3n) is 4.36. The number of amides is 2. The first-order valence-corrected chi connectivity index (χ1v) is 8.53. The van der Waals surface area contributed by atoms with E-state index in [4.69, 9.17) is 26.3 Å². The van der Waals surface area contributed by atoms with Crippen LogP contribution in [0.4, 0.5) is 0 Å². The van der Waals surface area contributed by atoms with Crippen molar-refractivity contribution in [2.24, 2.45) is 11.5 Å². The Morgan fingerprint density at radius 3 is 2.46 bits per heavy atom. The number of carbonyl (C=O) groups is 3. The third-order valence-corrected chi connectivity index (χ3v) is 4.36. The zero-order chi connectivity index (χ0) is 21.0. The Bertz CT molecular complexity index is 767. The molecular formula is C16H22BN3O8. The fourth-order valence-electron chi connectivity index (χ4n) is 2.72. The van der Waals surface area contributed by atoms with Gasteiger partial charge >= 0.3 is 13.1 Å². The average molecular weight is 395 g/mol. The Kier molecular flexibility index (Phi) is 6.83. The van der Waals surface area contributed by atoms with Gasteiger partial charge in [-0.2, -0.15) is 0 Å². The minimum Gasteiger partial charge on any atom is -0.507 e. The van der Waals surface area contributed by atoms with E-state index in [1.54, 1.807) is 0 Å². The second-order valence-electron chi connectivity index (χ2n) is 6.52. The summed E-state index contributed by atoms with van der Waals surface area (Å²) in [6.45, 7) is 0.338. The number of likely N-dealkylation sites (tertiary alicyclic amines) is 1. The predicted octanol–water partition coefficient (Wildman–Crippen LogP) is -2.10. The van der Waals surface area contributed by atoms with Crippen molar-refractivity contribution in [2.45, 2.75) is 31.3 Å². The maximum atomic E-state index is 11.9. The Labute approximate surface area is 160 Å². The number of phenols is 1. The Morgan fingerprint density at radius 1 is 1.29 bits per heavy atom. The number of hydrogen-bond donors (Lipinski definition) is 6. The second kappa shape index (κ2) is 8.91. The molecular weight excluding hydrogens is 373 g/mol. The number of carbonyl (C=O) groups excluding carboxylic acids is 2. The Morgan fingerprint density at radius 2 is 1.93 bits per heavy atom. The van der Waals surface area contributed by atoms with Crippen molar-refractivity contribution >= 4 is 24.9 Å². The van der Waals surface area contributed by atoms with Gasteiger partial charge in [-0.3, -0.25) is 9.59 Å². The number of rotatable bonds is 9. The van der Waals surface area contributed by atoms with Crippen molar-refractivity contribution in [1.82, 2.24) is 4.90 Å². The van der Waals surface area contributed by atoms with Crippen LogP contribution in [-0.4, -0.2) is 75.3 Å². The molecule has 1 heterocycles. The summed E-state index contributed by atoms with van der Waals surface area (Å²) >= 11 is 0. The summed E-state index contributed by atoms with van der Waals surface area (Å²) in [5, 5.41) is 37.4. The molecule has 152 valence electrons. The number of aromatic carboxylic acids is 1. The summed E-state index contributed by atoms with van der Waals surface area (Å²) < 4.78 is 5.58. The van der Waals surface area contributed by atoms with Gasteiger partial charge in [0.05, 0.1) is 25.6 Å². The lowest BCUT2D eigenvalue weighted by molar-refractivity contribution is -0.141. The number of ether oxygens (including phenoxy) is 1. The van der Waals surface area contributed by atoms with Gasteiger partial charge in [0.2, 0.25) is 11.8 Å². The summed E-state index contributed by atoms with van der Waals surface area (Å²) in [4.78, 5) is 35.8. The number of benzene rings is 1. The maximum absolute atomic E-state index is 11.9. The molecule has 1 aliphatic rings. The topological polar surface area (TPSA) is 197 Å². The van der Waals surface area contributed by atoms with Crippen molar-refractivity contribution < 1.29 is 39.4 Å². The van der Waals surface area contributed by atoms with E-state index >= 15 is 0 Å². The number of carboxylic acid groups (broad SMARTS) is 1. The highest BCUT2D eigenvalue weighted by molar-refractivity contribution is 6.41. The highest BCUT2D eigenvalue weighted by Crippen LogP contribution is 2.34. The van der Waals surface area contributed by atoms with E-state index in [1.807, 2.05) is 0 Å². The number of primary amides is 1. The summed E-state index contributed by atoms with van der Waals surface area (Å²) in [7, 11) is -1.58. The first-order valence-electron chi connectivity index (χ1n) is 8.53. The lowest BCUT2D eigenvalue weighted by atomic mass is 9.82. The van der Waals surface area contributed by atoms with Crippen LogP contribution in [0.1, 0.15) is 22.3 Å². The van der Waals surface area contributed by atoms with Crippen molar-refractivity contribution in [2.75, 3.05) is 13.1 Å². The van der Waals surface area contributed by atoms with E-state index in [1.165, 1.54) is 17.0 Å². The molecule has 2 amide bonds. The van der Waals surface area contributed by atoms with Crippen LogP contribution < -0.4 is 16.2 Å². The van der Waals surface area contributed by atoms with Gasteiger partial charge in [0.15, 0.2) is 0 Å². The largest absolute Gasteiger partial charge is 0.507 e. The molecule has 0 spiro atoms. The normalized spacial score (nSPS) is 14.9. The Hall–Kier alpha value is -2.83. The van der Waals surface area contributed by atoms with Crippen molar-refractivity contribution in [3.63, 3.8) is 0 Å². The third kappa shape index (κ3) is 5.12. The summed E-state index contributed by atoms with van der Waals surface area (Å²) in [6.07, 6.45) is -0.721. The lowest BCUT2D eigenvalue weighted by Crippen LogP contribution is -2.57. The molecule has 1 aromatic rings. The number of carboxylic acids is 1. The van der Waals surface area contributed by atoms with E-state index in [-0.39, 0.29) is 49.5 Å². The smallest absolute Gasteiger partial charge is 0.451 e. The van der Waals surface area contributed by atoms with Gasteiger partial charge in [0.1, 0.15) is 23.2 Å². The van der Waals surface area contributed by atoms with Crippen LogP contribution in [0.25, 0.3) is 0 Å². The molecule has 1 saturated heterocycles. The molecule has 1 unspecified atom stereocenters. The lowest BCUT2D eigenvalue weighted by Gasteiger charge is -2.39. The van der Waals surface area contributed by atoms with Crippen LogP contribution in [0.3, 0.4) is 0 Å². The van der Waals surface area contributed by atoms with Gasteiger partial charge in [-0.1, -0.05) is 6.07 Å². The van der Waals surface area contributed by atoms with Gasteiger partial charge in [0.25, 0.3) is 0 Å². The zero-order valence-corrected chi connectivity index (χ0v) is 14.9. The number of nitrogens with two attached hydrogens (primary N) is 2. The minimum absolute atomic E-state index is 0.0654. The van der Waals surface area contributed by atoms with Crippen LogP contribution in [-0.2, 0) is 16.0 Å². The van der Waals surface area contributed by atoms with Gasteiger partial charge in [-0.05, 0) is 24.4 Å². The van der Waals surface area contributed by atoms with Crippen LogP contribution in [0.15, 0.2) is 12.1 Å².